The zero-order valence-corrected chi connectivity index (χ0v) is 16.2. The summed E-state index contributed by atoms with van der Waals surface area (Å²) in [6.07, 6.45) is 4.09. The molecule has 0 bridgehead atoms. The fourth-order valence-corrected chi connectivity index (χ4v) is 4.45. The minimum Gasteiger partial charge on any atom is -0.340 e. The summed E-state index contributed by atoms with van der Waals surface area (Å²) in [7, 11) is 0. The first-order valence-corrected chi connectivity index (χ1v) is 10.2. The number of aromatic nitrogens is 4. The standard InChI is InChI=1S/C22H21N5O2/c1-12-19-14(11-17(13-8-9-13)25-21(19)29-26-12)22(28)27-10-4-7-18(27)20-23-15-5-2-3-6-16(15)24-20/h2-3,5-6,11,13,18H,4,7-10H2,1H3,(H,23,24). The number of amides is 1. The molecule has 2 aliphatic rings. The van der Waals surface area contributed by atoms with E-state index in [2.05, 4.69) is 15.1 Å². The molecule has 6 rings (SSSR count). The number of hydrogen-bond acceptors (Lipinski definition) is 5. The molecule has 29 heavy (non-hydrogen) atoms. The van der Waals surface area contributed by atoms with Gasteiger partial charge in [-0.3, -0.25) is 4.79 Å². The highest BCUT2D eigenvalue weighted by Gasteiger charge is 2.35. The van der Waals surface area contributed by atoms with Crippen molar-refractivity contribution in [1.29, 1.82) is 0 Å². The molecule has 1 amide bonds. The maximum Gasteiger partial charge on any atom is 0.259 e. The molecule has 7 nitrogen and oxygen atoms in total. The summed E-state index contributed by atoms with van der Waals surface area (Å²) < 4.78 is 5.42. The van der Waals surface area contributed by atoms with Crippen LogP contribution in [0.3, 0.4) is 0 Å². The van der Waals surface area contributed by atoms with Crippen LogP contribution in [0, 0.1) is 6.92 Å². The van der Waals surface area contributed by atoms with E-state index in [1.807, 2.05) is 42.2 Å². The van der Waals surface area contributed by atoms with E-state index in [1.165, 1.54) is 0 Å². The first-order valence-electron chi connectivity index (χ1n) is 10.2. The lowest BCUT2D eigenvalue weighted by Gasteiger charge is -2.23. The summed E-state index contributed by atoms with van der Waals surface area (Å²) in [6.45, 7) is 2.58. The first-order chi connectivity index (χ1) is 14.2. The zero-order chi connectivity index (χ0) is 19.5. The molecule has 4 aromatic rings. The molecule has 1 saturated heterocycles. The number of aromatic amines is 1. The van der Waals surface area contributed by atoms with Crippen molar-refractivity contribution in [2.24, 2.45) is 0 Å². The van der Waals surface area contributed by atoms with E-state index in [9.17, 15) is 4.79 Å². The predicted molar refractivity (Wildman–Crippen MR) is 108 cm³/mol. The minimum absolute atomic E-state index is 0.00792. The van der Waals surface area contributed by atoms with Crippen molar-refractivity contribution in [3.8, 4) is 0 Å². The summed E-state index contributed by atoms with van der Waals surface area (Å²) in [6, 6.07) is 9.88. The Balaban J connectivity index is 1.43. The number of carbonyl (C=O) groups excluding carboxylic acids is 1. The lowest BCUT2D eigenvalue weighted by Crippen LogP contribution is -2.31. The fourth-order valence-electron chi connectivity index (χ4n) is 4.45. The van der Waals surface area contributed by atoms with Gasteiger partial charge in [-0.25, -0.2) is 9.97 Å². The number of likely N-dealkylation sites (tertiary alicyclic amines) is 1. The highest BCUT2D eigenvalue weighted by Crippen LogP contribution is 2.41. The van der Waals surface area contributed by atoms with Crippen molar-refractivity contribution in [1.82, 2.24) is 25.0 Å². The second-order valence-corrected chi connectivity index (χ2v) is 8.11. The van der Waals surface area contributed by atoms with Crippen LogP contribution in [0.2, 0.25) is 0 Å². The summed E-state index contributed by atoms with van der Waals surface area (Å²) in [5.41, 5.74) is 4.69. The Morgan fingerprint density at radius 2 is 2.07 bits per heavy atom. The van der Waals surface area contributed by atoms with Crippen molar-refractivity contribution < 1.29 is 9.32 Å². The largest absolute Gasteiger partial charge is 0.340 e. The Morgan fingerprint density at radius 1 is 1.21 bits per heavy atom. The Hall–Kier alpha value is -3.22. The van der Waals surface area contributed by atoms with Gasteiger partial charge >= 0.3 is 0 Å². The van der Waals surface area contributed by atoms with Gasteiger partial charge in [0.05, 0.1) is 33.7 Å². The third-order valence-electron chi connectivity index (χ3n) is 6.10. The van der Waals surface area contributed by atoms with E-state index in [0.717, 1.165) is 53.6 Å². The van der Waals surface area contributed by atoms with Crippen LogP contribution in [0.25, 0.3) is 22.1 Å². The van der Waals surface area contributed by atoms with Crippen LogP contribution in [0.4, 0.5) is 0 Å². The van der Waals surface area contributed by atoms with Crippen LogP contribution < -0.4 is 0 Å². The van der Waals surface area contributed by atoms with E-state index < -0.39 is 0 Å². The van der Waals surface area contributed by atoms with Crippen molar-refractivity contribution in [3.05, 3.63) is 53.1 Å². The molecule has 1 saturated carbocycles. The highest BCUT2D eigenvalue weighted by molar-refractivity contribution is 6.06. The quantitative estimate of drug-likeness (QED) is 0.567. The summed E-state index contributed by atoms with van der Waals surface area (Å²) in [5.74, 6) is 1.29. The zero-order valence-electron chi connectivity index (χ0n) is 16.2. The molecular formula is C22H21N5O2. The maximum atomic E-state index is 13.7. The number of benzene rings is 1. The maximum absolute atomic E-state index is 13.7. The number of H-pyrrole nitrogens is 1. The first kappa shape index (κ1) is 16.7. The van der Waals surface area contributed by atoms with Crippen molar-refractivity contribution in [3.63, 3.8) is 0 Å². The van der Waals surface area contributed by atoms with Gasteiger partial charge in [-0.2, -0.15) is 0 Å². The van der Waals surface area contributed by atoms with Gasteiger partial charge in [0, 0.05) is 18.2 Å². The summed E-state index contributed by atoms with van der Waals surface area (Å²) in [5, 5.41) is 4.80. The van der Waals surface area contributed by atoms with Crippen LogP contribution in [0.15, 0.2) is 34.9 Å². The fraction of sp³-hybridized carbons (Fsp3) is 0.364. The minimum atomic E-state index is -0.0531. The van der Waals surface area contributed by atoms with Gasteiger partial charge in [-0.1, -0.05) is 17.3 Å². The van der Waals surface area contributed by atoms with Crippen LogP contribution in [-0.4, -0.2) is 37.5 Å². The summed E-state index contributed by atoms with van der Waals surface area (Å²) >= 11 is 0. The predicted octanol–water partition coefficient (Wildman–Crippen LogP) is 4.26. The number of fused-ring (bicyclic) bond motifs is 2. The molecule has 146 valence electrons. The number of nitrogens with zero attached hydrogens (tertiary/aromatic N) is 4. The molecule has 7 heteroatoms. The normalized spacial score (nSPS) is 19.5. The van der Waals surface area contributed by atoms with Crippen molar-refractivity contribution in [2.75, 3.05) is 6.54 Å². The second-order valence-electron chi connectivity index (χ2n) is 8.11. The monoisotopic (exact) mass is 387 g/mol. The van der Waals surface area contributed by atoms with Crippen molar-refractivity contribution >= 4 is 28.0 Å². The topological polar surface area (TPSA) is 87.9 Å². The van der Waals surface area contributed by atoms with E-state index >= 15 is 0 Å². The van der Waals surface area contributed by atoms with Gasteiger partial charge in [0.1, 0.15) is 5.82 Å². The van der Waals surface area contributed by atoms with E-state index in [0.29, 0.717) is 29.4 Å². The smallest absolute Gasteiger partial charge is 0.259 e. The van der Waals surface area contributed by atoms with E-state index in [-0.39, 0.29) is 11.9 Å². The van der Waals surface area contributed by atoms with Crippen LogP contribution in [-0.2, 0) is 0 Å². The van der Waals surface area contributed by atoms with Gasteiger partial charge in [0.15, 0.2) is 0 Å². The Kier molecular flexibility index (Phi) is 3.54. The number of aryl methyl sites for hydroxylation is 1. The molecule has 1 N–H and O–H groups in total. The van der Waals surface area contributed by atoms with Gasteiger partial charge in [-0.15, -0.1) is 0 Å². The number of nitrogens with one attached hydrogen (secondary N) is 1. The number of pyridine rings is 1. The molecule has 1 aliphatic heterocycles. The van der Waals surface area contributed by atoms with Crippen LogP contribution >= 0.6 is 0 Å². The molecule has 1 atom stereocenters. The van der Waals surface area contributed by atoms with Gasteiger partial charge in [0.2, 0.25) is 0 Å². The average molecular weight is 387 g/mol. The number of hydrogen-bond donors (Lipinski definition) is 1. The van der Waals surface area contributed by atoms with E-state index in [4.69, 9.17) is 9.51 Å². The third-order valence-corrected chi connectivity index (χ3v) is 6.10. The third kappa shape index (κ3) is 2.64. The molecule has 0 spiro atoms. The van der Waals surface area contributed by atoms with E-state index in [1.54, 1.807) is 0 Å². The number of carbonyl (C=O) groups is 1. The van der Waals surface area contributed by atoms with Gasteiger partial charge < -0.3 is 14.4 Å². The molecule has 1 aliphatic carbocycles. The van der Waals surface area contributed by atoms with Crippen molar-refractivity contribution in [2.45, 2.75) is 44.6 Å². The van der Waals surface area contributed by atoms with Gasteiger partial charge in [-0.05, 0) is 50.8 Å². The average Bonchev–Trinajstić information content (AvgIpc) is 3.15. The molecule has 1 aromatic carbocycles. The SMILES string of the molecule is Cc1noc2nc(C3CC3)cc(C(=O)N3CCCC3c3nc4ccccc4[nH]3)c12. The molecule has 1 unspecified atom stereocenters. The number of para-hydroxylation sites is 2. The van der Waals surface area contributed by atoms with Gasteiger partial charge in [0.25, 0.3) is 11.6 Å². The number of imidazole rings is 1. The van der Waals surface area contributed by atoms with Crippen LogP contribution in [0.1, 0.15) is 65.2 Å². The molecular weight excluding hydrogens is 366 g/mol. The highest BCUT2D eigenvalue weighted by atomic mass is 16.5. The second kappa shape index (κ2) is 6.14. The summed E-state index contributed by atoms with van der Waals surface area (Å²) in [4.78, 5) is 28.4. The number of rotatable bonds is 3. The Labute approximate surface area is 167 Å². The lowest BCUT2D eigenvalue weighted by atomic mass is 10.1. The molecule has 2 fully saturated rings. The molecule has 4 heterocycles. The Bertz CT molecular complexity index is 1220. The van der Waals surface area contributed by atoms with Crippen LogP contribution in [0.5, 0.6) is 0 Å². The Morgan fingerprint density at radius 3 is 2.90 bits per heavy atom. The molecule has 0 radical (unpaired) electrons. The lowest BCUT2D eigenvalue weighted by molar-refractivity contribution is 0.0732. The molecule has 3 aromatic heterocycles.